The highest BCUT2D eigenvalue weighted by atomic mass is 32.1. The van der Waals surface area contributed by atoms with Crippen molar-refractivity contribution in [3.05, 3.63) is 34.4 Å². The van der Waals surface area contributed by atoms with E-state index < -0.39 is 0 Å². The van der Waals surface area contributed by atoms with Crippen molar-refractivity contribution in [2.45, 2.75) is 13.3 Å². The van der Waals surface area contributed by atoms with Crippen molar-refractivity contribution in [3.63, 3.8) is 0 Å². The smallest absolute Gasteiger partial charge is 0.263 e. The first-order valence-electron chi connectivity index (χ1n) is 6.70. The predicted molar refractivity (Wildman–Crippen MR) is 81.4 cm³/mol. The van der Waals surface area contributed by atoms with Gasteiger partial charge in [0.15, 0.2) is 0 Å². The Bertz CT molecular complexity index is 711. The molecule has 0 spiro atoms. The van der Waals surface area contributed by atoms with Gasteiger partial charge < -0.3 is 14.9 Å². The zero-order valence-electron chi connectivity index (χ0n) is 11.6. The molecule has 3 aromatic rings. The quantitative estimate of drug-likeness (QED) is 0.726. The van der Waals surface area contributed by atoms with Gasteiger partial charge in [0.2, 0.25) is 0 Å². The lowest BCUT2D eigenvalue weighted by Crippen LogP contribution is -2.20. The molecule has 110 valence electrons. The third-order valence-corrected chi connectivity index (χ3v) is 4.10. The van der Waals surface area contributed by atoms with E-state index >= 15 is 0 Å². The first kappa shape index (κ1) is 14.0. The normalized spacial score (nSPS) is 12.7. The molecule has 6 nitrogen and oxygen atoms in total. The molecule has 1 unspecified atom stereocenters. The van der Waals surface area contributed by atoms with Crippen molar-refractivity contribution in [2.75, 3.05) is 18.5 Å². The average molecular weight is 304 g/mol. The first-order valence-corrected chi connectivity index (χ1v) is 7.65. The minimum absolute atomic E-state index is 0.125. The van der Waals surface area contributed by atoms with Crippen LogP contribution >= 0.6 is 11.3 Å². The summed E-state index contributed by atoms with van der Waals surface area (Å²) in [4.78, 5) is 8.28. The maximum absolute atomic E-state index is 9.53. The second kappa shape index (κ2) is 6.19. The Kier molecular flexibility index (Phi) is 4.12. The summed E-state index contributed by atoms with van der Waals surface area (Å²) in [7, 11) is 0. The summed E-state index contributed by atoms with van der Waals surface area (Å²) in [6.07, 6.45) is 2.28. The predicted octanol–water partition coefficient (Wildman–Crippen LogP) is 2.25. The standard InChI is InChI=1S/C14H16N4O2S/c1-9-12-13(16-8-17-14(12)20-18-9)15-5-11(6-19)4-10-2-3-21-7-10/h2-3,7-8,11,19H,4-6H2,1H3,(H,15,16,17). The molecule has 0 aliphatic carbocycles. The van der Waals surface area contributed by atoms with Crippen LogP contribution in [0, 0.1) is 12.8 Å². The molecule has 0 radical (unpaired) electrons. The van der Waals surface area contributed by atoms with Crippen LogP contribution in [0.15, 0.2) is 27.7 Å². The SMILES string of the molecule is Cc1noc2ncnc(NCC(CO)Cc3ccsc3)c12. The van der Waals surface area contributed by atoms with Gasteiger partial charge in [-0.2, -0.15) is 16.3 Å². The van der Waals surface area contributed by atoms with E-state index in [-0.39, 0.29) is 12.5 Å². The number of aromatic nitrogens is 3. The van der Waals surface area contributed by atoms with Crippen LogP contribution in [-0.4, -0.2) is 33.4 Å². The zero-order valence-corrected chi connectivity index (χ0v) is 12.4. The topological polar surface area (TPSA) is 84.1 Å². The van der Waals surface area contributed by atoms with E-state index in [9.17, 15) is 5.11 Å². The Morgan fingerprint density at radius 1 is 1.43 bits per heavy atom. The van der Waals surface area contributed by atoms with Gasteiger partial charge >= 0.3 is 0 Å². The zero-order chi connectivity index (χ0) is 14.7. The van der Waals surface area contributed by atoms with Crippen molar-refractivity contribution in [3.8, 4) is 0 Å². The summed E-state index contributed by atoms with van der Waals surface area (Å²) in [5, 5.41) is 21.6. The van der Waals surface area contributed by atoms with Crippen molar-refractivity contribution in [1.82, 2.24) is 15.1 Å². The molecule has 0 aromatic carbocycles. The van der Waals surface area contributed by atoms with Crippen LogP contribution in [0.3, 0.4) is 0 Å². The molecule has 0 aliphatic rings. The monoisotopic (exact) mass is 304 g/mol. The number of aliphatic hydroxyl groups is 1. The molecule has 0 fully saturated rings. The van der Waals surface area contributed by atoms with Gasteiger partial charge in [0.1, 0.15) is 17.5 Å². The van der Waals surface area contributed by atoms with Crippen LogP contribution in [0.5, 0.6) is 0 Å². The van der Waals surface area contributed by atoms with E-state index in [1.54, 1.807) is 11.3 Å². The number of fused-ring (bicyclic) bond motifs is 1. The van der Waals surface area contributed by atoms with Gasteiger partial charge in [0, 0.05) is 19.1 Å². The van der Waals surface area contributed by atoms with Crippen LogP contribution in [0.2, 0.25) is 0 Å². The fourth-order valence-corrected chi connectivity index (χ4v) is 2.92. The summed E-state index contributed by atoms with van der Waals surface area (Å²) in [5.41, 5.74) is 2.48. The third-order valence-electron chi connectivity index (χ3n) is 3.36. The van der Waals surface area contributed by atoms with Crippen LogP contribution in [0.1, 0.15) is 11.3 Å². The summed E-state index contributed by atoms with van der Waals surface area (Å²) in [6.45, 7) is 2.61. The highest BCUT2D eigenvalue weighted by molar-refractivity contribution is 7.07. The summed E-state index contributed by atoms with van der Waals surface area (Å²) >= 11 is 1.67. The molecular formula is C14H16N4O2S. The van der Waals surface area contributed by atoms with E-state index in [1.807, 2.05) is 12.3 Å². The Hall–Kier alpha value is -1.99. The Labute approximate surface area is 125 Å². The van der Waals surface area contributed by atoms with Crippen molar-refractivity contribution >= 4 is 28.3 Å². The lowest BCUT2D eigenvalue weighted by atomic mass is 10.0. The fraction of sp³-hybridized carbons (Fsp3) is 0.357. The van der Waals surface area contributed by atoms with Gasteiger partial charge in [-0.3, -0.25) is 0 Å². The molecule has 0 amide bonds. The number of hydrogen-bond acceptors (Lipinski definition) is 7. The largest absolute Gasteiger partial charge is 0.396 e. The number of nitrogens with one attached hydrogen (secondary N) is 1. The molecule has 3 rings (SSSR count). The number of nitrogens with zero attached hydrogens (tertiary/aromatic N) is 3. The molecule has 7 heteroatoms. The van der Waals surface area contributed by atoms with Gasteiger partial charge in [-0.05, 0) is 35.7 Å². The lowest BCUT2D eigenvalue weighted by molar-refractivity contribution is 0.232. The van der Waals surface area contributed by atoms with E-state index in [2.05, 4.69) is 31.9 Å². The van der Waals surface area contributed by atoms with E-state index in [0.29, 0.717) is 18.1 Å². The van der Waals surface area contributed by atoms with Crippen LogP contribution in [-0.2, 0) is 6.42 Å². The summed E-state index contributed by atoms with van der Waals surface area (Å²) < 4.78 is 5.12. The van der Waals surface area contributed by atoms with Gasteiger partial charge in [-0.15, -0.1) is 0 Å². The second-order valence-electron chi connectivity index (χ2n) is 4.94. The van der Waals surface area contributed by atoms with Gasteiger partial charge in [0.05, 0.1) is 5.69 Å². The van der Waals surface area contributed by atoms with E-state index in [1.165, 1.54) is 11.9 Å². The second-order valence-corrected chi connectivity index (χ2v) is 5.72. The molecule has 0 bridgehead atoms. The third kappa shape index (κ3) is 3.03. The van der Waals surface area contributed by atoms with Crippen molar-refractivity contribution in [2.24, 2.45) is 5.92 Å². The molecule has 2 N–H and O–H groups in total. The van der Waals surface area contributed by atoms with Crippen molar-refractivity contribution < 1.29 is 9.63 Å². The number of aliphatic hydroxyl groups excluding tert-OH is 1. The Morgan fingerprint density at radius 3 is 3.10 bits per heavy atom. The summed E-state index contributed by atoms with van der Waals surface area (Å²) in [6, 6.07) is 2.08. The summed E-state index contributed by atoms with van der Waals surface area (Å²) in [5.74, 6) is 0.826. The molecule has 0 saturated heterocycles. The van der Waals surface area contributed by atoms with Crippen molar-refractivity contribution in [1.29, 1.82) is 0 Å². The molecule has 3 aromatic heterocycles. The van der Waals surface area contributed by atoms with Gasteiger partial charge in [0.25, 0.3) is 5.71 Å². The first-order chi connectivity index (χ1) is 10.3. The minimum Gasteiger partial charge on any atom is -0.396 e. The number of hydrogen-bond donors (Lipinski definition) is 2. The van der Waals surface area contributed by atoms with Crippen LogP contribution in [0.25, 0.3) is 11.1 Å². The lowest BCUT2D eigenvalue weighted by Gasteiger charge is -2.15. The number of thiophene rings is 1. The number of aryl methyl sites for hydroxylation is 1. The van der Waals surface area contributed by atoms with E-state index in [0.717, 1.165) is 17.5 Å². The number of anilines is 1. The highest BCUT2D eigenvalue weighted by Gasteiger charge is 2.14. The van der Waals surface area contributed by atoms with Gasteiger partial charge in [-0.25, -0.2) is 4.98 Å². The number of rotatable bonds is 6. The molecular weight excluding hydrogens is 288 g/mol. The Morgan fingerprint density at radius 2 is 2.33 bits per heavy atom. The van der Waals surface area contributed by atoms with Gasteiger partial charge in [-0.1, -0.05) is 5.16 Å². The maximum Gasteiger partial charge on any atom is 0.263 e. The molecule has 3 heterocycles. The van der Waals surface area contributed by atoms with E-state index in [4.69, 9.17) is 4.52 Å². The maximum atomic E-state index is 9.53. The molecule has 0 saturated carbocycles. The highest BCUT2D eigenvalue weighted by Crippen LogP contribution is 2.22. The van der Waals surface area contributed by atoms with Crippen LogP contribution < -0.4 is 5.32 Å². The Balaban J connectivity index is 1.71. The molecule has 1 atom stereocenters. The fourth-order valence-electron chi connectivity index (χ4n) is 2.24. The van der Waals surface area contributed by atoms with Crippen LogP contribution in [0.4, 0.5) is 5.82 Å². The molecule has 0 aliphatic heterocycles. The minimum atomic E-state index is 0.125. The average Bonchev–Trinajstić information content (AvgIpc) is 3.14. The molecule has 21 heavy (non-hydrogen) atoms.